The third kappa shape index (κ3) is 8.82. The van der Waals surface area contributed by atoms with Gasteiger partial charge in [0.25, 0.3) is 0 Å². The number of hydrogen-bond donors (Lipinski definition) is 1. The van der Waals surface area contributed by atoms with Gasteiger partial charge in [0, 0.05) is 37.5 Å². The summed E-state index contributed by atoms with van der Waals surface area (Å²) in [5, 5.41) is 2.71. The van der Waals surface area contributed by atoms with Gasteiger partial charge in [0.15, 0.2) is 0 Å². The molecule has 1 atom stereocenters. The van der Waals surface area contributed by atoms with E-state index in [0.717, 1.165) is 21.9 Å². The summed E-state index contributed by atoms with van der Waals surface area (Å²) in [5.41, 5.74) is 2.24. The van der Waals surface area contributed by atoms with Crippen molar-refractivity contribution in [1.29, 1.82) is 0 Å². The molecule has 0 aromatic heterocycles. The second-order valence-corrected chi connectivity index (χ2v) is 12.1. The second-order valence-electron chi connectivity index (χ2n) is 9.31. The zero-order valence-electron chi connectivity index (χ0n) is 23.0. The number of ether oxygens (including phenoxy) is 1. The van der Waals surface area contributed by atoms with E-state index < -0.39 is 16.1 Å². The molecule has 0 spiro atoms. The molecule has 0 saturated heterocycles. The van der Waals surface area contributed by atoms with Gasteiger partial charge in [0.05, 0.1) is 18.6 Å². The maximum absolute atomic E-state index is 13.7. The average molecular weight is 631 g/mol. The minimum Gasteiger partial charge on any atom is -0.492 e. The highest BCUT2D eigenvalue weighted by molar-refractivity contribution is 9.10. The van der Waals surface area contributed by atoms with Crippen LogP contribution in [0.4, 0.5) is 5.69 Å². The Labute approximate surface area is 245 Å². The van der Waals surface area contributed by atoms with Gasteiger partial charge in [-0.15, -0.1) is 0 Å². The van der Waals surface area contributed by atoms with Gasteiger partial charge in [-0.3, -0.25) is 13.9 Å². The van der Waals surface area contributed by atoms with Crippen molar-refractivity contribution in [1.82, 2.24) is 10.2 Å². The zero-order valence-corrected chi connectivity index (χ0v) is 25.4. The third-order valence-corrected chi connectivity index (χ3v) is 8.08. The van der Waals surface area contributed by atoms with Crippen molar-refractivity contribution in [3.05, 3.63) is 94.5 Å². The van der Waals surface area contributed by atoms with Crippen LogP contribution in [-0.4, -0.2) is 57.6 Å². The second kappa shape index (κ2) is 14.9. The van der Waals surface area contributed by atoms with Crippen LogP contribution < -0.4 is 14.4 Å². The van der Waals surface area contributed by atoms with Gasteiger partial charge in [-0.2, -0.15) is 0 Å². The van der Waals surface area contributed by atoms with Crippen molar-refractivity contribution in [2.75, 3.05) is 30.8 Å². The summed E-state index contributed by atoms with van der Waals surface area (Å²) in [5.74, 6) is -0.0436. The molecular weight excluding hydrogens is 594 g/mol. The molecular formula is C30H36BrN3O5S. The summed E-state index contributed by atoms with van der Waals surface area (Å²) in [6.07, 6.45) is 1.80. The number of amides is 2. The van der Waals surface area contributed by atoms with Crippen molar-refractivity contribution < 1.29 is 22.7 Å². The lowest BCUT2D eigenvalue weighted by molar-refractivity contribution is -0.141. The number of benzene rings is 3. The summed E-state index contributed by atoms with van der Waals surface area (Å²) in [4.78, 5) is 28.4. The van der Waals surface area contributed by atoms with E-state index in [2.05, 4.69) is 21.2 Å². The van der Waals surface area contributed by atoms with Crippen LogP contribution in [0.25, 0.3) is 0 Å². The first kappa shape index (κ1) is 31.2. The Morgan fingerprint density at radius 3 is 2.23 bits per heavy atom. The van der Waals surface area contributed by atoms with Crippen molar-refractivity contribution in [2.24, 2.45) is 0 Å². The summed E-state index contributed by atoms with van der Waals surface area (Å²) in [6, 6.07) is 23.4. The molecule has 0 aliphatic rings. The van der Waals surface area contributed by atoms with Crippen molar-refractivity contribution in [3.8, 4) is 5.75 Å². The van der Waals surface area contributed by atoms with E-state index in [9.17, 15) is 18.0 Å². The van der Waals surface area contributed by atoms with Gasteiger partial charge in [-0.1, -0.05) is 70.5 Å². The van der Waals surface area contributed by atoms with E-state index in [-0.39, 0.29) is 37.7 Å². The minimum atomic E-state index is -3.64. The van der Waals surface area contributed by atoms with Crippen molar-refractivity contribution in [2.45, 2.75) is 38.8 Å². The van der Waals surface area contributed by atoms with Gasteiger partial charge < -0.3 is 15.0 Å². The average Bonchev–Trinajstić information content (AvgIpc) is 2.94. The Morgan fingerprint density at radius 1 is 0.950 bits per heavy atom. The molecule has 0 heterocycles. The SMILES string of the molecule is CCOc1ccccc1N(CCCC(=O)N(Cc1ccc(Br)cc1)[C@@H](Cc1ccccc1)C(=O)NC)S(C)(=O)=O. The number of anilines is 1. The molecule has 0 aliphatic carbocycles. The molecule has 3 aromatic carbocycles. The molecule has 1 N–H and O–H groups in total. The Bertz CT molecular complexity index is 1370. The van der Waals surface area contributed by atoms with Crippen LogP contribution in [0.15, 0.2) is 83.3 Å². The van der Waals surface area contributed by atoms with Gasteiger partial charge >= 0.3 is 0 Å². The number of para-hydroxylation sites is 2. The topological polar surface area (TPSA) is 96.0 Å². The lowest BCUT2D eigenvalue weighted by atomic mass is 10.0. The van der Waals surface area contributed by atoms with Crippen LogP contribution in [0, 0.1) is 0 Å². The normalized spacial score (nSPS) is 11.9. The molecule has 0 fully saturated rings. The molecule has 0 radical (unpaired) electrons. The minimum absolute atomic E-state index is 0.0572. The molecule has 0 saturated carbocycles. The number of carbonyl (C=O) groups excluding carboxylic acids is 2. The number of likely N-dealkylation sites (N-methyl/N-ethyl adjacent to an activating group) is 1. The number of hydrogen-bond acceptors (Lipinski definition) is 5. The zero-order chi connectivity index (χ0) is 29.1. The first-order valence-electron chi connectivity index (χ1n) is 13.1. The number of halogens is 1. The quantitative estimate of drug-likeness (QED) is 0.277. The fraction of sp³-hybridized carbons (Fsp3) is 0.333. The number of rotatable bonds is 14. The predicted octanol–water partition coefficient (Wildman–Crippen LogP) is 4.78. The number of carbonyl (C=O) groups is 2. The number of sulfonamides is 1. The fourth-order valence-corrected chi connectivity index (χ4v) is 5.66. The summed E-state index contributed by atoms with van der Waals surface area (Å²) in [7, 11) is -2.09. The van der Waals surface area contributed by atoms with Crippen LogP contribution in [0.1, 0.15) is 30.9 Å². The lowest BCUT2D eigenvalue weighted by Crippen LogP contribution is -2.49. The van der Waals surface area contributed by atoms with E-state index in [0.29, 0.717) is 24.5 Å². The Balaban J connectivity index is 1.85. The van der Waals surface area contributed by atoms with Gasteiger partial charge in [0.1, 0.15) is 11.8 Å². The highest BCUT2D eigenvalue weighted by Gasteiger charge is 2.30. The highest BCUT2D eigenvalue weighted by Crippen LogP contribution is 2.30. The van der Waals surface area contributed by atoms with Crippen LogP contribution in [0.2, 0.25) is 0 Å². The summed E-state index contributed by atoms with van der Waals surface area (Å²) < 4.78 is 33.3. The van der Waals surface area contributed by atoms with Crippen LogP contribution in [-0.2, 0) is 32.6 Å². The molecule has 3 aromatic rings. The molecule has 0 unspecified atom stereocenters. The monoisotopic (exact) mass is 629 g/mol. The molecule has 2 amide bonds. The Hall–Kier alpha value is -3.37. The molecule has 0 bridgehead atoms. The van der Waals surface area contributed by atoms with E-state index in [4.69, 9.17) is 4.74 Å². The Morgan fingerprint density at radius 2 is 1.60 bits per heavy atom. The van der Waals surface area contributed by atoms with Crippen molar-refractivity contribution in [3.63, 3.8) is 0 Å². The summed E-state index contributed by atoms with van der Waals surface area (Å²) >= 11 is 3.44. The van der Waals surface area contributed by atoms with Crippen LogP contribution in [0.5, 0.6) is 5.75 Å². The lowest BCUT2D eigenvalue weighted by Gasteiger charge is -2.31. The fourth-order valence-electron chi connectivity index (χ4n) is 4.43. The first-order valence-corrected chi connectivity index (χ1v) is 15.8. The van der Waals surface area contributed by atoms with Crippen LogP contribution in [0.3, 0.4) is 0 Å². The predicted molar refractivity (Wildman–Crippen MR) is 162 cm³/mol. The van der Waals surface area contributed by atoms with Gasteiger partial charge in [-0.25, -0.2) is 8.42 Å². The summed E-state index contributed by atoms with van der Waals surface area (Å²) in [6.45, 7) is 2.54. The number of nitrogens with zero attached hydrogens (tertiary/aromatic N) is 2. The molecule has 0 aliphatic heterocycles. The van der Waals surface area contributed by atoms with Crippen molar-refractivity contribution >= 4 is 43.5 Å². The molecule has 8 nitrogen and oxygen atoms in total. The van der Waals surface area contributed by atoms with Crippen LogP contribution >= 0.6 is 15.9 Å². The standard InChI is InChI=1S/C30H36BrN3O5S/c1-4-39-28-14-9-8-13-26(28)34(40(3,37)38)20-10-15-29(35)33(22-24-16-18-25(31)19-17-24)27(30(36)32-2)21-23-11-6-5-7-12-23/h5-9,11-14,16-19,27H,4,10,15,20-22H2,1-3H3,(H,32,36)/t27-/m0/s1. The highest BCUT2D eigenvalue weighted by atomic mass is 79.9. The smallest absolute Gasteiger partial charge is 0.242 e. The largest absolute Gasteiger partial charge is 0.492 e. The Kier molecular flexibility index (Phi) is 11.6. The van der Waals surface area contributed by atoms with E-state index in [1.165, 1.54) is 4.31 Å². The van der Waals surface area contributed by atoms with Gasteiger partial charge in [-0.05, 0) is 48.7 Å². The van der Waals surface area contributed by atoms with E-state index in [1.54, 1.807) is 36.2 Å². The maximum atomic E-state index is 13.7. The van der Waals surface area contributed by atoms with Gasteiger partial charge in [0.2, 0.25) is 21.8 Å². The molecule has 214 valence electrons. The number of nitrogens with one attached hydrogen (secondary N) is 1. The van der Waals surface area contributed by atoms with E-state index in [1.807, 2.05) is 61.5 Å². The first-order chi connectivity index (χ1) is 19.1. The third-order valence-electron chi connectivity index (χ3n) is 6.37. The maximum Gasteiger partial charge on any atom is 0.242 e. The van der Waals surface area contributed by atoms with E-state index >= 15 is 0 Å². The molecule has 10 heteroatoms. The molecule has 3 rings (SSSR count). The molecule has 40 heavy (non-hydrogen) atoms.